The molecule has 1 aromatic rings. The number of hydrogen-bond donors (Lipinski definition) is 0. The number of aryl methyl sites for hydroxylation is 1. The Hall–Kier alpha value is 0.540. The van der Waals surface area contributed by atoms with E-state index in [1.807, 2.05) is 0 Å². The molecular formula is C8H10BrClIO6S2-. The molecule has 0 aliphatic carbocycles. The van der Waals surface area contributed by atoms with Crippen molar-refractivity contribution in [3.05, 3.63) is 29.8 Å². The Labute approximate surface area is 126 Å². The van der Waals surface area contributed by atoms with Gasteiger partial charge >= 0.3 is 128 Å². The van der Waals surface area contributed by atoms with E-state index in [1.165, 1.54) is 12.1 Å². The maximum atomic E-state index is 11.9. The molecule has 112 valence electrons. The van der Waals surface area contributed by atoms with Crippen LogP contribution in [0.3, 0.4) is 0 Å². The van der Waals surface area contributed by atoms with Crippen LogP contribution < -0.4 is 15.9 Å². The van der Waals surface area contributed by atoms with Gasteiger partial charge in [-0.25, -0.2) is 0 Å². The fourth-order valence-electron chi connectivity index (χ4n) is 0.982. The van der Waals surface area contributed by atoms with Crippen molar-refractivity contribution in [3.63, 3.8) is 0 Å². The van der Waals surface area contributed by atoms with Crippen LogP contribution in [0.25, 0.3) is 0 Å². The van der Waals surface area contributed by atoms with Gasteiger partial charge in [0.05, 0.1) is 0 Å². The van der Waals surface area contributed by atoms with E-state index in [-0.39, 0.29) is 4.90 Å². The molecule has 0 bridgehead atoms. The molecule has 1 aromatic carbocycles. The molecule has 0 aliphatic rings. The Morgan fingerprint density at radius 2 is 1.58 bits per heavy atom. The average Bonchev–Trinajstić information content (AvgIpc) is 2.11. The number of benzene rings is 1. The van der Waals surface area contributed by atoms with Gasteiger partial charge in [-0.2, -0.15) is 0 Å². The predicted octanol–water partition coefficient (Wildman–Crippen LogP) is -0.869. The first-order chi connectivity index (χ1) is 8.41. The summed E-state index contributed by atoms with van der Waals surface area (Å²) in [5.74, 6) is 0. The van der Waals surface area contributed by atoms with Crippen LogP contribution in [0, 0.1) is 6.92 Å². The molecule has 0 spiro atoms. The van der Waals surface area contributed by atoms with Crippen LogP contribution in [0.1, 0.15) is 5.56 Å². The van der Waals surface area contributed by atoms with Crippen molar-refractivity contribution in [1.82, 2.24) is 0 Å². The molecule has 0 aliphatic heterocycles. The minimum atomic E-state index is -4.52. The number of halogens is 3. The summed E-state index contributed by atoms with van der Waals surface area (Å²) in [7, 11) is -2.45. The second-order valence-corrected chi connectivity index (χ2v) is 20.8. The summed E-state index contributed by atoms with van der Waals surface area (Å²) in [5.41, 5.74) is 0.864. The van der Waals surface area contributed by atoms with Gasteiger partial charge in [0.25, 0.3) is 0 Å². The van der Waals surface area contributed by atoms with Crippen LogP contribution in [-0.2, 0) is 25.3 Å². The molecule has 0 fully saturated rings. The molecule has 1 rings (SSSR count). The third-order valence-electron chi connectivity index (χ3n) is 1.65. The van der Waals surface area contributed by atoms with Crippen LogP contribution in [0.15, 0.2) is 29.2 Å². The minimum absolute atomic E-state index is 0.136. The van der Waals surface area contributed by atoms with Crippen LogP contribution in [-0.4, -0.2) is 23.1 Å². The summed E-state index contributed by atoms with van der Waals surface area (Å²) in [6.45, 7) is 1.79. The molecule has 0 N–H and O–H groups in total. The van der Waals surface area contributed by atoms with Crippen molar-refractivity contribution in [1.29, 1.82) is 0 Å². The van der Waals surface area contributed by atoms with Crippen molar-refractivity contribution in [2.45, 2.75) is 11.8 Å². The van der Waals surface area contributed by atoms with Gasteiger partial charge in [0.15, 0.2) is 0 Å². The van der Waals surface area contributed by atoms with E-state index in [9.17, 15) is 16.8 Å². The van der Waals surface area contributed by atoms with Crippen molar-refractivity contribution < 1.29 is 37.8 Å². The first-order valence-corrected chi connectivity index (χ1v) is 17.1. The maximum absolute atomic E-state index is 11.9. The van der Waals surface area contributed by atoms with Crippen molar-refractivity contribution in [3.8, 4) is 0 Å². The topological polar surface area (TPSA) is 86.7 Å². The molecular weight excluding hydrogens is 498 g/mol. The Bertz CT molecular complexity index is 655. The molecule has 11 heteroatoms. The molecule has 0 amide bonds. The average molecular weight is 509 g/mol. The van der Waals surface area contributed by atoms with E-state index < -0.39 is 36.1 Å². The zero-order valence-corrected chi connectivity index (χ0v) is 15.8. The zero-order chi connectivity index (χ0) is 14.9. The predicted molar refractivity (Wildman–Crippen MR) is 70.2 cm³/mol. The number of rotatable bonds is 5. The van der Waals surface area contributed by atoms with Gasteiger partial charge in [0, 0.05) is 0 Å². The van der Waals surface area contributed by atoms with E-state index >= 15 is 0 Å². The van der Waals surface area contributed by atoms with Gasteiger partial charge in [-0.1, -0.05) is 0 Å². The van der Waals surface area contributed by atoms with Gasteiger partial charge < -0.3 is 0 Å². The molecule has 0 saturated carbocycles. The first kappa shape index (κ1) is 17.6. The van der Waals surface area contributed by atoms with E-state index in [1.54, 1.807) is 19.1 Å². The van der Waals surface area contributed by atoms with E-state index in [2.05, 4.69) is 17.7 Å². The molecule has 19 heavy (non-hydrogen) atoms. The first-order valence-electron chi connectivity index (χ1n) is 4.53. The van der Waals surface area contributed by atoms with Crippen molar-refractivity contribution >= 4 is 41.8 Å². The third-order valence-corrected chi connectivity index (χ3v) is 15.0. The summed E-state index contributed by atoms with van der Waals surface area (Å²) in [5, 5.41) is 0. The summed E-state index contributed by atoms with van der Waals surface area (Å²) < 4.78 is 54.8. The molecule has 1 atom stereocenters. The number of hydrogen-bond acceptors (Lipinski definition) is 6. The zero-order valence-electron chi connectivity index (χ0n) is 9.71. The molecule has 0 saturated heterocycles. The molecule has 6 nitrogen and oxygen atoms in total. The summed E-state index contributed by atoms with van der Waals surface area (Å²) in [4.78, 5) is -0.136. The van der Waals surface area contributed by atoms with Crippen LogP contribution in [0.4, 0.5) is 0 Å². The Balaban J connectivity index is 3.00. The van der Waals surface area contributed by atoms with Gasteiger partial charge in [0.2, 0.25) is 0 Å². The monoisotopic (exact) mass is 507 g/mol. The Morgan fingerprint density at radius 3 is 2.00 bits per heavy atom. The summed E-state index contributed by atoms with van der Waals surface area (Å²) in [6.07, 6.45) is 0.747. The fraction of sp³-hybridized carbons (Fsp3) is 0.250. The van der Waals surface area contributed by atoms with Gasteiger partial charge in [-0.3, -0.25) is 0 Å². The van der Waals surface area contributed by atoms with Crippen molar-refractivity contribution in [2.75, 3.05) is 6.26 Å². The van der Waals surface area contributed by atoms with Crippen LogP contribution in [0.2, 0.25) is 0 Å². The summed E-state index contributed by atoms with van der Waals surface area (Å²) in [6, 6.07) is 5.80. The fourth-order valence-corrected chi connectivity index (χ4v) is 16.5. The van der Waals surface area contributed by atoms with E-state index in [4.69, 9.17) is 8.91 Å². The second kappa shape index (κ2) is 6.12. The standard InChI is InChI=1S/C8H10BrClIO6S2/c1-7-3-5-8(6-4-7)19(14,15)17-11(9,10)16-18(2,12)13/h3-6H,1-2H3/q-1. The second-order valence-electron chi connectivity index (χ2n) is 3.45. The Morgan fingerprint density at radius 1 is 1.11 bits per heavy atom. The molecule has 0 heterocycles. The molecule has 0 aromatic heterocycles. The summed E-state index contributed by atoms with van der Waals surface area (Å²) >= 11 is -1.81. The van der Waals surface area contributed by atoms with Gasteiger partial charge in [-0.15, -0.1) is 0 Å². The van der Waals surface area contributed by atoms with Gasteiger partial charge in [0.1, 0.15) is 0 Å². The van der Waals surface area contributed by atoms with Crippen LogP contribution >= 0.6 is 21.6 Å². The quantitative estimate of drug-likeness (QED) is 0.481. The van der Waals surface area contributed by atoms with E-state index in [0.29, 0.717) is 0 Å². The van der Waals surface area contributed by atoms with Gasteiger partial charge in [-0.05, 0) is 0 Å². The van der Waals surface area contributed by atoms with E-state index in [0.717, 1.165) is 11.8 Å². The van der Waals surface area contributed by atoms with Crippen molar-refractivity contribution in [2.24, 2.45) is 0 Å². The Kier molecular flexibility index (Phi) is 5.66. The van der Waals surface area contributed by atoms with Crippen LogP contribution in [0.5, 0.6) is 0 Å². The molecule has 0 radical (unpaired) electrons. The SMILES string of the molecule is Cc1ccc(S(=O)(=O)O[I-](Cl)(Br)OS(C)(=O)=O)cc1. The molecule has 1 unspecified atom stereocenters. The third kappa shape index (κ3) is 6.23. The normalized spacial score (nSPS) is 17.7.